The first-order valence-electron chi connectivity index (χ1n) is 8.03. The third-order valence-electron chi connectivity index (χ3n) is 4.01. The van der Waals surface area contributed by atoms with E-state index in [1.54, 1.807) is 24.3 Å². The Kier molecular flexibility index (Phi) is 5.80. The van der Waals surface area contributed by atoms with Crippen LogP contribution in [0.1, 0.15) is 12.8 Å². The summed E-state index contributed by atoms with van der Waals surface area (Å²) < 4.78 is 2.70. The quantitative estimate of drug-likeness (QED) is 0.570. The molecule has 1 fully saturated rings. The van der Waals surface area contributed by atoms with Crippen LogP contribution in [-0.4, -0.2) is 49.5 Å². The van der Waals surface area contributed by atoms with Crippen LogP contribution in [0.2, 0.25) is 0 Å². The second kappa shape index (κ2) is 8.05. The van der Waals surface area contributed by atoms with Gasteiger partial charge in [0.25, 0.3) is 0 Å². The van der Waals surface area contributed by atoms with Crippen LogP contribution in [0.25, 0.3) is 11.4 Å². The van der Waals surface area contributed by atoms with E-state index in [1.807, 2.05) is 9.47 Å². The number of aromatic hydroxyl groups is 1. The van der Waals surface area contributed by atoms with E-state index >= 15 is 0 Å². The summed E-state index contributed by atoms with van der Waals surface area (Å²) in [6.45, 7) is 5.96. The fourth-order valence-corrected chi connectivity index (χ4v) is 3.97. The van der Waals surface area contributed by atoms with Crippen LogP contribution in [0.3, 0.4) is 0 Å². The predicted octanol–water partition coefficient (Wildman–Crippen LogP) is 3.31. The number of phenols is 1. The fraction of sp³-hybridized carbons (Fsp3) is 0.353. The maximum Gasteiger partial charge on any atom is 0.233 e. The van der Waals surface area contributed by atoms with Gasteiger partial charge < -0.3 is 10.0 Å². The first kappa shape index (κ1) is 18.0. The van der Waals surface area contributed by atoms with Gasteiger partial charge in [-0.3, -0.25) is 9.36 Å². The molecule has 0 radical (unpaired) electrons. The van der Waals surface area contributed by atoms with Crippen LogP contribution < -0.4 is 0 Å². The number of carbonyl (C=O) groups excluding carboxylic acids is 1. The average Bonchev–Trinajstić information content (AvgIpc) is 3.26. The van der Waals surface area contributed by atoms with E-state index in [2.05, 4.69) is 32.7 Å². The minimum Gasteiger partial charge on any atom is -0.507 e. The van der Waals surface area contributed by atoms with Gasteiger partial charge in [0.2, 0.25) is 5.91 Å². The van der Waals surface area contributed by atoms with E-state index in [0.717, 1.165) is 30.4 Å². The van der Waals surface area contributed by atoms with Crippen molar-refractivity contribution in [3.8, 4) is 17.1 Å². The lowest BCUT2D eigenvalue weighted by Gasteiger charge is -2.14. The van der Waals surface area contributed by atoms with Crippen LogP contribution >= 0.6 is 27.7 Å². The number of likely N-dealkylation sites (tertiary alicyclic amines) is 1. The summed E-state index contributed by atoms with van der Waals surface area (Å²) in [4.78, 5) is 14.1. The van der Waals surface area contributed by atoms with Crippen LogP contribution in [-0.2, 0) is 11.3 Å². The van der Waals surface area contributed by atoms with Gasteiger partial charge in [-0.25, -0.2) is 0 Å². The minimum absolute atomic E-state index is 0.127. The Morgan fingerprint density at radius 1 is 1.36 bits per heavy atom. The fourth-order valence-electron chi connectivity index (χ4n) is 2.76. The van der Waals surface area contributed by atoms with Crippen molar-refractivity contribution in [3.63, 3.8) is 0 Å². The number of rotatable bonds is 6. The molecule has 1 N–H and O–H groups in total. The number of hydrogen-bond acceptors (Lipinski definition) is 5. The number of allylic oxidation sites excluding steroid dienone is 1. The largest absolute Gasteiger partial charge is 0.507 e. The molecular weight excluding hydrogens is 404 g/mol. The molecule has 0 saturated carbocycles. The van der Waals surface area contributed by atoms with Gasteiger partial charge in [-0.1, -0.05) is 33.8 Å². The lowest BCUT2D eigenvalue weighted by Crippen LogP contribution is -2.29. The highest BCUT2D eigenvalue weighted by Gasteiger charge is 2.21. The SMILES string of the molecule is C=CCn1c(SCC(=O)N2CCCC2)nnc1-c1cc(Br)ccc1O. The number of carbonyl (C=O) groups is 1. The van der Waals surface area contributed by atoms with Crippen LogP contribution in [0.4, 0.5) is 0 Å². The maximum atomic E-state index is 12.2. The summed E-state index contributed by atoms with van der Waals surface area (Å²) in [7, 11) is 0. The number of amides is 1. The molecule has 2 heterocycles. The van der Waals surface area contributed by atoms with Crippen molar-refractivity contribution < 1.29 is 9.90 Å². The molecule has 1 amide bonds. The van der Waals surface area contributed by atoms with Gasteiger partial charge in [0.15, 0.2) is 11.0 Å². The summed E-state index contributed by atoms with van der Waals surface area (Å²) in [6.07, 6.45) is 3.90. The maximum absolute atomic E-state index is 12.2. The Morgan fingerprint density at radius 3 is 2.84 bits per heavy atom. The van der Waals surface area contributed by atoms with Crippen molar-refractivity contribution in [2.75, 3.05) is 18.8 Å². The summed E-state index contributed by atoms with van der Waals surface area (Å²) in [5, 5.41) is 19.2. The molecule has 1 aliphatic rings. The monoisotopic (exact) mass is 422 g/mol. The van der Waals surface area contributed by atoms with Crippen molar-refractivity contribution in [2.24, 2.45) is 0 Å². The van der Waals surface area contributed by atoms with E-state index in [1.165, 1.54) is 11.8 Å². The molecule has 2 aromatic rings. The van der Waals surface area contributed by atoms with Gasteiger partial charge >= 0.3 is 0 Å². The minimum atomic E-state index is 0.127. The Bertz CT molecular complexity index is 787. The van der Waals surface area contributed by atoms with Crippen molar-refractivity contribution in [2.45, 2.75) is 24.5 Å². The Morgan fingerprint density at radius 2 is 2.12 bits per heavy atom. The van der Waals surface area contributed by atoms with Gasteiger partial charge in [-0.05, 0) is 31.0 Å². The topological polar surface area (TPSA) is 71.2 Å². The molecule has 1 aromatic heterocycles. The number of nitrogens with zero attached hydrogens (tertiary/aromatic N) is 4. The van der Waals surface area contributed by atoms with Gasteiger partial charge in [0.1, 0.15) is 5.75 Å². The highest BCUT2D eigenvalue weighted by Crippen LogP contribution is 2.32. The van der Waals surface area contributed by atoms with Crippen LogP contribution in [0.5, 0.6) is 5.75 Å². The molecule has 0 atom stereocenters. The first-order chi connectivity index (χ1) is 12.1. The average molecular weight is 423 g/mol. The Labute approximate surface area is 159 Å². The molecule has 6 nitrogen and oxygen atoms in total. The number of thioether (sulfide) groups is 1. The zero-order valence-corrected chi connectivity index (χ0v) is 16.1. The van der Waals surface area contributed by atoms with Crippen LogP contribution in [0.15, 0.2) is 40.5 Å². The third-order valence-corrected chi connectivity index (χ3v) is 5.46. The molecular formula is C17H19BrN4O2S. The summed E-state index contributed by atoms with van der Waals surface area (Å²) in [5.41, 5.74) is 0.585. The Balaban J connectivity index is 1.83. The van der Waals surface area contributed by atoms with Gasteiger partial charge in [0.05, 0.1) is 11.3 Å². The van der Waals surface area contributed by atoms with E-state index < -0.39 is 0 Å². The third kappa shape index (κ3) is 4.07. The lowest BCUT2D eigenvalue weighted by molar-refractivity contribution is -0.127. The molecule has 1 saturated heterocycles. The van der Waals surface area contributed by atoms with Gasteiger partial charge in [-0.2, -0.15) is 0 Å². The molecule has 8 heteroatoms. The van der Waals surface area contributed by atoms with E-state index in [-0.39, 0.29) is 11.7 Å². The number of halogens is 1. The van der Waals surface area contributed by atoms with Crippen molar-refractivity contribution in [1.82, 2.24) is 19.7 Å². The predicted molar refractivity (Wildman–Crippen MR) is 102 cm³/mol. The number of phenolic OH excluding ortho intramolecular Hbond substituents is 1. The molecule has 1 aliphatic heterocycles. The standard InChI is InChI=1S/C17H19BrN4O2S/c1-2-7-22-16(13-10-12(18)5-6-14(13)23)19-20-17(22)25-11-15(24)21-8-3-4-9-21/h2,5-6,10,23H,1,3-4,7-9,11H2. The second-order valence-corrected chi connectivity index (χ2v) is 7.60. The van der Waals surface area contributed by atoms with E-state index in [4.69, 9.17) is 0 Å². The first-order valence-corrected chi connectivity index (χ1v) is 9.81. The van der Waals surface area contributed by atoms with Crippen LogP contribution in [0, 0.1) is 0 Å². The molecule has 0 spiro atoms. The van der Waals surface area contributed by atoms with Crippen molar-refractivity contribution in [1.29, 1.82) is 0 Å². The summed E-state index contributed by atoms with van der Waals surface area (Å²) >= 11 is 4.77. The van der Waals surface area contributed by atoms with Gasteiger partial charge in [-0.15, -0.1) is 16.8 Å². The number of hydrogen-bond donors (Lipinski definition) is 1. The smallest absolute Gasteiger partial charge is 0.233 e. The van der Waals surface area contributed by atoms with Gasteiger partial charge in [0, 0.05) is 24.1 Å². The zero-order chi connectivity index (χ0) is 17.8. The Hall–Kier alpha value is -1.80. The molecule has 1 aromatic carbocycles. The molecule has 25 heavy (non-hydrogen) atoms. The molecule has 132 valence electrons. The molecule has 3 rings (SSSR count). The normalized spacial score (nSPS) is 14.0. The summed E-state index contributed by atoms with van der Waals surface area (Å²) in [6, 6.07) is 5.16. The highest BCUT2D eigenvalue weighted by atomic mass is 79.9. The molecule has 0 bridgehead atoms. The van der Waals surface area contributed by atoms with E-state index in [0.29, 0.717) is 28.8 Å². The van der Waals surface area contributed by atoms with Crippen molar-refractivity contribution >= 4 is 33.6 Å². The lowest BCUT2D eigenvalue weighted by atomic mass is 10.2. The van der Waals surface area contributed by atoms with Crippen molar-refractivity contribution in [3.05, 3.63) is 35.3 Å². The number of aromatic nitrogens is 3. The zero-order valence-electron chi connectivity index (χ0n) is 13.7. The second-order valence-electron chi connectivity index (χ2n) is 5.74. The number of benzene rings is 1. The molecule has 0 aliphatic carbocycles. The van der Waals surface area contributed by atoms with E-state index in [9.17, 15) is 9.90 Å². The molecule has 0 unspecified atom stereocenters. The summed E-state index contributed by atoms with van der Waals surface area (Å²) in [5.74, 6) is 1.14. The highest BCUT2D eigenvalue weighted by molar-refractivity contribution is 9.10.